The quantitative estimate of drug-likeness (QED) is 0.737. The SMILES string of the molecule is Cn1cc([C@H]2CNC[C@@H]2C(=O)NCC(O)c2c(Cl)cccc2Cl)cn1. The second kappa shape index (κ2) is 7.74. The molecule has 3 rings (SSSR count). The third-order valence-corrected chi connectivity index (χ3v) is 5.17. The Kier molecular flexibility index (Phi) is 5.64. The number of amides is 1. The van der Waals surface area contributed by atoms with Gasteiger partial charge in [0.2, 0.25) is 5.91 Å². The number of carbonyl (C=O) groups excluding carboxylic acids is 1. The van der Waals surface area contributed by atoms with Crippen molar-refractivity contribution in [1.82, 2.24) is 20.4 Å². The lowest BCUT2D eigenvalue weighted by Gasteiger charge is -2.19. The molecule has 0 spiro atoms. The van der Waals surface area contributed by atoms with Crippen molar-refractivity contribution < 1.29 is 9.90 Å². The smallest absolute Gasteiger partial charge is 0.225 e. The van der Waals surface area contributed by atoms with Gasteiger partial charge in [-0.15, -0.1) is 0 Å². The molecule has 0 bridgehead atoms. The fourth-order valence-electron chi connectivity index (χ4n) is 3.20. The number of aryl methyl sites for hydroxylation is 1. The molecule has 1 unspecified atom stereocenters. The van der Waals surface area contributed by atoms with E-state index in [1.165, 1.54) is 0 Å². The molecule has 1 saturated heterocycles. The number of aliphatic hydroxyl groups excluding tert-OH is 1. The van der Waals surface area contributed by atoms with Crippen LogP contribution in [0.2, 0.25) is 10.0 Å². The molecular weight excluding hydrogens is 363 g/mol. The zero-order valence-corrected chi connectivity index (χ0v) is 15.3. The van der Waals surface area contributed by atoms with Crippen LogP contribution in [0.15, 0.2) is 30.6 Å². The number of rotatable bonds is 5. The lowest BCUT2D eigenvalue weighted by Crippen LogP contribution is -2.36. The van der Waals surface area contributed by atoms with Crippen molar-refractivity contribution in [2.24, 2.45) is 13.0 Å². The van der Waals surface area contributed by atoms with Gasteiger partial charge in [-0.3, -0.25) is 9.48 Å². The number of halogens is 2. The molecule has 1 aromatic carbocycles. The lowest BCUT2D eigenvalue weighted by atomic mass is 9.90. The van der Waals surface area contributed by atoms with Gasteiger partial charge in [-0.2, -0.15) is 5.10 Å². The zero-order chi connectivity index (χ0) is 18.0. The average Bonchev–Trinajstić information content (AvgIpc) is 3.21. The Bertz CT molecular complexity index is 745. The molecule has 25 heavy (non-hydrogen) atoms. The average molecular weight is 383 g/mol. The Morgan fingerprint density at radius 2 is 2.16 bits per heavy atom. The van der Waals surface area contributed by atoms with Crippen LogP contribution in [0.3, 0.4) is 0 Å². The number of nitrogens with one attached hydrogen (secondary N) is 2. The van der Waals surface area contributed by atoms with Crippen LogP contribution in [0, 0.1) is 5.92 Å². The molecule has 2 heterocycles. The fraction of sp³-hybridized carbons (Fsp3) is 0.412. The largest absolute Gasteiger partial charge is 0.386 e. The third kappa shape index (κ3) is 3.98. The van der Waals surface area contributed by atoms with Crippen molar-refractivity contribution in [2.45, 2.75) is 12.0 Å². The van der Waals surface area contributed by atoms with E-state index in [1.54, 1.807) is 29.1 Å². The van der Waals surface area contributed by atoms with Crippen LogP contribution in [-0.4, -0.2) is 40.4 Å². The van der Waals surface area contributed by atoms with Crippen molar-refractivity contribution in [3.05, 3.63) is 51.8 Å². The van der Waals surface area contributed by atoms with E-state index in [1.807, 2.05) is 13.2 Å². The lowest BCUT2D eigenvalue weighted by molar-refractivity contribution is -0.125. The van der Waals surface area contributed by atoms with E-state index in [0.717, 1.165) is 12.1 Å². The Labute approximate surface area is 156 Å². The predicted molar refractivity (Wildman–Crippen MR) is 96.7 cm³/mol. The van der Waals surface area contributed by atoms with E-state index in [4.69, 9.17) is 23.2 Å². The first kappa shape index (κ1) is 18.2. The first-order valence-electron chi connectivity index (χ1n) is 8.06. The van der Waals surface area contributed by atoms with E-state index >= 15 is 0 Å². The first-order valence-corrected chi connectivity index (χ1v) is 8.82. The molecule has 3 atom stereocenters. The van der Waals surface area contributed by atoms with Gasteiger partial charge in [0.25, 0.3) is 0 Å². The summed E-state index contributed by atoms with van der Waals surface area (Å²) in [6.45, 7) is 1.37. The van der Waals surface area contributed by atoms with Gasteiger partial charge < -0.3 is 15.7 Å². The van der Waals surface area contributed by atoms with E-state index in [-0.39, 0.29) is 24.3 Å². The van der Waals surface area contributed by atoms with Crippen LogP contribution in [-0.2, 0) is 11.8 Å². The molecule has 1 aliphatic heterocycles. The third-order valence-electron chi connectivity index (χ3n) is 4.51. The molecule has 1 fully saturated rings. The van der Waals surface area contributed by atoms with E-state index in [9.17, 15) is 9.90 Å². The number of hydrogen-bond acceptors (Lipinski definition) is 4. The number of carbonyl (C=O) groups is 1. The van der Waals surface area contributed by atoms with Crippen LogP contribution in [0.1, 0.15) is 23.1 Å². The van der Waals surface area contributed by atoms with E-state index in [0.29, 0.717) is 22.2 Å². The zero-order valence-electron chi connectivity index (χ0n) is 13.7. The molecule has 0 saturated carbocycles. The van der Waals surface area contributed by atoms with Crippen molar-refractivity contribution in [1.29, 1.82) is 0 Å². The number of nitrogens with zero attached hydrogens (tertiary/aromatic N) is 2. The summed E-state index contributed by atoms with van der Waals surface area (Å²) in [6.07, 6.45) is 2.75. The predicted octanol–water partition coefficient (Wildman–Crippen LogP) is 1.88. The summed E-state index contributed by atoms with van der Waals surface area (Å²) in [5.74, 6) is -0.256. The molecule has 134 valence electrons. The maximum Gasteiger partial charge on any atom is 0.225 e. The van der Waals surface area contributed by atoms with Crippen LogP contribution < -0.4 is 10.6 Å². The highest BCUT2D eigenvalue weighted by Crippen LogP contribution is 2.31. The van der Waals surface area contributed by atoms with E-state index < -0.39 is 6.10 Å². The van der Waals surface area contributed by atoms with Gasteiger partial charge >= 0.3 is 0 Å². The molecular formula is C17H20Cl2N4O2. The summed E-state index contributed by atoms with van der Waals surface area (Å²) in [4.78, 5) is 12.6. The minimum absolute atomic E-state index is 0.0541. The van der Waals surface area contributed by atoms with Gasteiger partial charge in [0, 0.05) is 54.4 Å². The minimum atomic E-state index is -0.962. The topological polar surface area (TPSA) is 79.2 Å². The van der Waals surface area contributed by atoms with Crippen LogP contribution in [0.25, 0.3) is 0 Å². The molecule has 1 aromatic heterocycles. The summed E-state index contributed by atoms with van der Waals surface area (Å²) in [5.41, 5.74) is 1.46. The standard InChI is InChI=1S/C17H20Cl2N4O2/c1-23-9-10(5-22-23)11-6-20-7-12(11)17(25)21-8-15(24)16-13(18)3-2-4-14(16)19/h2-5,9,11-12,15,20,24H,6-8H2,1H3,(H,21,25)/t11-,12+,15?/m1/s1. The molecule has 3 N–H and O–H groups in total. The highest BCUT2D eigenvalue weighted by molar-refractivity contribution is 6.36. The second-order valence-electron chi connectivity index (χ2n) is 6.21. The molecule has 6 nitrogen and oxygen atoms in total. The maximum atomic E-state index is 12.6. The van der Waals surface area contributed by atoms with Gasteiger partial charge in [-0.25, -0.2) is 0 Å². The molecule has 8 heteroatoms. The van der Waals surface area contributed by atoms with Crippen molar-refractivity contribution in [3.8, 4) is 0 Å². The fourth-order valence-corrected chi connectivity index (χ4v) is 3.84. The normalized spacial score (nSPS) is 21.3. The number of aromatic nitrogens is 2. The summed E-state index contributed by atoms with van der Waals surface area (Å²) in [5, 5.41) is 21.3. The Morgan fingerprint density at radius 3 is 2.80 bits per heavy atom. The second-order valence-corrected chi connectivity index (χ2v) is 7.03. The van der Waals surface area contributed by atoms with Crippen molar-refractivity contribution in [2.75, 3.05) is 19.6 Å². The van der Waals surface area contributed by atoms with Crippen LogP contribution in [0.5, 0.6) is 0 Å². The molecule has 0 radical (unpaired) electrons. The summed E-state index contributed by atoms with van der Waals surface area (Å²) in [7, 11) is 1.85. The Morgan fingerprint density at radius 1 is 1.44 bits per heavy atom. The highest BCUT2D eigenvalue weighted by Gasteiger charge is 2.34. The number of aliphatic hydroxyl groups is 1. The van der Waals surface area contributed by atoms with Gasteiger partial charge in [0.15, 0.2) is 0 Å². The van der Waals surface area contributed by atoms with Crippen LogP contribution in [0.4, 0.5) is 0 Å². The number of hydrogen-bond donors (Lipinski definition) is 3. The van der Waals surface area contributed by atoms with E-state index in [2.05, 4.69) is 15.7 Å². The first-order chi connectivity index (χ1) is 12.0. The van der Waals surface area contributed by atoms with Crippen molar-refractivity contribution >= 4 is 29.1 Å². The minimum Gasteiger partial charge on any atom is -0.386 e. The number of benzene rings is 1. The Balaban J connectivity index is 1.64. The van der Waals surface area contributed by atoms with Gasteiger partial charge in [-0.05, 0) is 17.7 Å². The summed E-state index contributed by atoms with van der Waals surface area (Å²) in [6, 6.07) is 5.03. The van der Waals surface area contributed by atoms with Gasteiger partial charge in [0.05, 0.1) is 18.2 Å². The molecule has 1 amide bonds. The highest BCUT2D eigenvalue weighted by atomic mass is 35.5. The summed E-state index contributed by atoms with van der Waals surface area (Å²) < 4.78 is 1.73. The van der Waals surface area contributed by atoms with Gasteiger partial charge in [-0.1, -0.05) is 29.3 Å². The molecule has 2 aromatic rings. The molecule has 1 aliphatic rings. The summed E-state index contributed by atoms with van der Waals surface area (Å²) >= 11 is 12.2. The monoisotopic (exact) mass is 382 g/mol. The molecule has 0 aliphatic carbocycles. The maximum absolute atomic E-state index is 12.6. The van der Waals surface area contributed by atoms with Crippen molar-refractivity contribution in [3.63, 3.8) is 0 Å². The Hall–Kier alpha value is -1.60. The van der Waals surface area contributed by atoms with Gasteiger partial charge in [0.1, 0.15) is 0 Å². The van der Waals surface area contributed by atoms with Crippen LogP contribution >= 0.6 is 23.2 Å².